The van der Waals surface area contributed by atoms with E-state index in [0.29, 0.717) is 26.3 Å². The van der Waals surface area contributed by atoms with Crippen molar-refractivity contribution in [3.05, 3.63) is 53.8 Å². The predicted octanol–water partition coefficient (Wildman–Crippen LogP) is 2.25. The van der Waals surface area contributed by atoms with Gasteiger partial charge in [0.1, 0.15) is 16.5 Å². The summed E-state index contributed by atoms with van der Waals surface area (Å²) in [5, 5.41) is 0. The molecule has 2 aromatic rings. The molecule has 0 unspecified atom stereocenters. The number of benzene rings is 2. The molecule has 1 aliphatic heterocycles. The topological polar surface area (TPSA) is 71.1 Å². The molecule has 9 heteroatoms. The average molecular weight is 438 g/mol. The largest absolute Gasteiger partial charge is 0.495 e. The first-order chi connectivity index (χ1) is 14.3. The van der Waals surface area contributed by atoms with Crippen LogP contribution in [0.25, 0.3) is 0 Å². The second-order valence-corrected chi connectivity index (χ2v) is 9.03. The molecule has 0 aliphatic carbocycles. The number of nitrogens with zero attached hydrogens (tertiary/aromatic N) is 2. The number of sulfonamides is 1. The molecular weight excluding hydrogens is 409 g/mol. The van der Waals surface area contributed by atoms with Crippen molar-refractivity contribution in [2.75, 3.05) is 59.0 Å². The van der Waals surface area contributed by atoms with Crippen LogP contribution in [0.1, 0.15) is 11.6 Å². The van der Waals surface area contributed by atoms with Gasteiger partial charge in [0.05, 0.1) is 20.3 Å². The first kappa shape index (κ1) is 22.5. The molecule has 1 atom stereocenters. The van der Waals surface area contributed by atoms with Crippen molar-refractivity contribution < 1.29 is 22.3 Å². The van der Waals surface area contributed by atoms with E-state index < -0.39 is 15.8 Å². The molecule has 164 valence electrons. The molecule has 2 aromatic carbocycles. The lowest BCUT2D eigenvalue weighted by Gasteiger charge is -2.35. The van der Waals surface area contributed by atoms with Gasteiger partial charge in [-0.2, -0.15) is 0 Å². The van der Waals surface area contributed by atoms with E-state index in [1.807, 2.05) is 43.3 Å². The van der Waals surface area contributed by atoms with Crippen molar-refractivity contribution in [3.8, 4) is 5.75 Å². The lowest BCUT2D eigenvalue weighted by atomic mass is 10.0. The van der Waals surface area contributed by atoms with Crippen molar-refractivity contribution in [1.29, 1.82) is 0 Å². The fourth-order valence-corrected chi connectivity index (χ4v) is 4.69. The lowest BCUT2D eigenvalue weighted by Crippen LogP contribution is -2.43. The van der Waals surface area contributed by atoms with Gasteiger partial charge in [0.2, 0.25) is 10.0 Å². The summed E-state index contributed by atoms with van der Waals surface area (Å²) >= 11 is 0. The molecule has 0 radical (unpaired) electrons. The Bertz CT molecular complexity index is 945. The van der Waals surface area contributed by atoms with Crippen LogP contribution in [0.5, 0.6) is 5.75 Å². The minimum absolute atomic E-state index is 0.0992. The number of hydrogen-bond donors (Lipinski definition) is 1. The number of ether oxygens (including phenoxy) is 2. The molecule has 1 saturated heterocycles. The van der Waals surface area contributed by atoms with Crippen molar-refractivity contribution in [1.82, 2.24) is 9.62 Å². The molecule has 1 heterocycles. The summed E-state index contributed by atoms with van der Waals surface area (Å²) in [6.45, 7) is 2.73. The van der Waals surface area contributed by atoms with Crippen LogP contribution < -0.4 is 14.4 Å². The Morgan fingerprint density at radius 3 is 2.43 bits per heavy atom. The highest BCUT2D eigenvalue weighted by Gasteiger charge is 2.27. The molecule has 7 nitrogen and oxygen atoms in total. The van der Waals surface area contributed by atoms with Gasteiger partial charge in [-0.1, -0.05) is 12.1 Å². The molecule has 1 fully saturated rings. The number of rotatable bonds is 8. The van der Waals surface area contributed by atoms with Crippen LogP contribution in [-0.4, -0.2) is 67.4 Å². The molecule has 3 rings (SSSR count). The number of morpholine rings is 1. The van der Waals surface area contributed by atoms with Crippen LogP contribution in [-0.2, 0) is 14.8 Å². The monoisotopic (exact) mass is 437 g/mol. The van der Waals surface area contributed by atoms with Gasteiger partial charge in [0, 0.05) is 45.5 Å². The number of hydrogen-bond acceptors (Lipinski definition) is 6. The minimum Gasteiger partial charge on any atom is -0.495 e. The molecule has 0 spiro atoms. The van der Waals surface area contributed by atoms with Crippen LogP contribution in [0.4, 0.5) is 10.1 Å². The van der Waals surface area contributed by atoms with Gasteiger partial charge in [-0.3, -0.25) is 4.90 Å². The van der Waals surface area contributed by atoms with Crippen LogP contribution in [0.15, 0.2) is 47.4 Å². The van der Waals surface area contributed by atoms with Crippen molar-refractivity contribution in [3.63, 3.8) is 0 Å². The quantitative estimate of drug-likeness (QED) is 0.683. The maximum atomic E-state index is 13.7. The van der Waals surface area contributed by atoms with E-state index in [9.17, 15) is 12.8 Å². The predicted molar refractivity (Wildman–Crippen MR) is 114 cm³/mol. The average Bonchev–Trinajstić information content (AvgIpc) is 2.75. The third-order valence-corrected chi connectivity index (χ3v) is 6.61. The lowest BCUT2D eigenvalue weighted by molar-refractivity contribution is 0.0172. The minimum atomic E-state index is -3.97. The Hall–Kier alpha value is -2.20. The van der Waals surface area contributed by atoms with Crippen LogP contribution in [0.3, 0.4) is 0 Å². The van der Waals surface area contributed by atoms with E-state index in [0.717, 1.165) is 17.3 Å². The van der Waals surface area contributed by atoms with Gasteiger partial charge in [-0.15, -0.1) is 0 Å². The van der Waals surface area contributed by atoms with Gasteiger partial charge < -0.3 is 14.4 Å². The Balaban J connectivity index is 1.85. The SMILES string of the molecule is COc1ccc(F)cc1S(=O)(=O)NC[C@H](c1ccc(N(C)C)cc1)N1CCOCC1. The maximum absolute atomic E-state index is 13.7. The number of nitrogens with one attached hydrogen (secondary N) is 1. The highest BCUT2D eigenvalue weighted by molar-refractivity contribution is 7.89. The zero-order chi connectivity index (χ0) is 21.7. The molecule has 1 aliphatic rings. The van der Waals surface area contributed by atoms with Crippen molar-refractivity contribution in [2.24, 2.45) is 0 Å². The number of halogens is 1. The number of anilines is 1. The fourth-order valence-electron chi connectivity index (χ4n) is 3.47. The highest BCUT2D eigenvalue weighted by atomic mass is 32.2. The Labute approximate surface area is 177 Å². The number of methoxy groups -OCH3 is 1. The molecule has 0 bridgehead atoms. The van der Waals surface area contributed by atoms with Gasteiger partial charge in [0.15, 0.2) is 0 Å². The summed E-state index contributed by atoms with van der Waals surface area (Å²) < 4.78 is 52.7. The molecule has 1 N–H and O–H groups in total. The first-order valence-corrected chi connectivity index (χ1v) is 11.2. The van der Waals surface area contributed by atoms with Gasteiger partial charge in [-0.25, -0.2) is 17.5 Å². The second kappa shape index (κ2) is 9.74. The second-order valence-electron chi connectivity index (χ2n) is 7.30. The van der Waals surface area contributed by atoms with E-state index in [1.165, 1.54) is 19.2 Å². The molecule has 0 saturated carbocycles. The van der Waals surface area contributed by atoms with E-state index in [1.54, 1.807) is 0 Å². The van der Waals surface area contributed by atoms with E-state index in [-0.39, 0.29) is 23.2 Å². The van der Waals surface area contributed by atoms with Crippen LogP contribution in [0, 0.1) is 5.82 Å². The molecule has 0 amide bonds. The zero-order valence-electron chi connectivity index (χ0n) is 17.5. The fraction of sp³-hybridized carbons (Fsp3) is 0.429. The Morgan fingerprint density at radius 2 is 1.83 bits per heavy atom. The van der Waals surface area contributed by atoms with Gasteiger partial charge in [-0.05, 0) is 35.9 Å². The van der Waals surface area contributed by atoms with Gasteiger partial charge in [0.25, 0.3) is 0 Å². The molecule has 0 aromatic heterocycles. The zero-order valence-corrected chi connectivity index (χ0v) is 18.3. The molecular formula is C21H28FN3O4S. The summed E-state index contributed by atoms with van der Waals surface area (Å²) in [5.41, 5.74) is 2.06. The van der Waals surface area contributed by atoms with Crippen molar-refractivity contribution >= 4 is 15.7 Å². The first-order valence-electron chi connectivity index (χ1n) is 9.74. The van der Waals surface area contributed by atoms with Gasteiger partial charge >= 0.3 is 0 Å². The summed E-state index contributed by atoms with van der Waals surface area (Å²) in [4.78, 5) is 3.99. The smallest absolute Gasteiger partial charge is 0.244 e. The van der Waals surface area contributed by atoms with Crippen LogP contribution >= 0.6 is 0 Å². The standard InChI is InChI=1S/C21H28FN3O4S/c1-24(2)18-7-4-16(5-8-18)19(25-10-12-29-13-11-25)15-23-30(26,27)21-14-17(22)6-9-20(21)28-3/h4-9,14,19,23H,10-13,15H2,1-3H3/t19-/m1/s1. The highest BCUT2D eigenvalue weighted by Crippen LogP contribution is 2.27. The summed E-state index contributed by atoms with van der Waals surface area (Å²) in [7, 11) is 1.32. The normalized spacial score (nSPS) is 16.3. The van der Waals surface area contributed by atoms with E-state index in [4.69, 9.17) is 9.47 Å². The van der Waals surface area contributed by atoms with E-state index in [2.05, 4.69) is 9.62 Å². The summed E-state index contributed by atoms with van der Waals surface area (Å²) in [6, 6.07) is 11.3. The van der Waals surface area contributed by atoms with Crippen LogP contribution in [0.2, 0.25) is 0 Å². The third kappa shape index (κ3) is 5.28. The molecule has 30 heavy (non-hydrogen) atoms. The summed E-state index contributed by atoms with van der Waals surface area (Å²) in [6.07, 6.45) is 0. The Kier molecular flexibility index (Phi) is 7.30. The third-order valence-electron chi connectivity index (χ3n) is 5.16. The summed E-state index contributed by atoms with van der Waals surface area (Å²) in [5.74, 6) is -0.540. The van der Waals surface area contributed by atoms with Crippen molar-refractivity contribution in [2.45, 2.75) is 10.9 Å². The maximum Gasteiger partial charge on any atom is 0.244 e. The van der Waals surface area contributed by atoms with E-state index >= 15 is 0 Å². The Morgan fingerprint density at radius 1 is 1.17 bits per heavy atom.